The maximum Gasteiger partial charge on any atom is 0.328 e. The van der Waals surface area contributed by atoms with Crippen LogP contribution in [-0.4, -0.2) is 43.4 Å². The SMILES string of the molecule is Cn1c(=O)n(C)c2cc(S(=O)(=O)Nc3ccc(Cl)c(S(=O)(=O)N4CCCC4)c3)ccc21. The Morgan fingerprint density at radius 1 is 0.903 bits per heavy atom. The van der Waals surface area contributed by atoms with Gasteiger partial charge in [0.25, 0.3) is 10.0 Å². The van der Waals surface area contributed by atoms with E-state index >= 15 is 0 Å². The first-order chi connectivity index (χ1) is 14.5. The summed E-state index contributed by atoms with van der Waals surface area (Å²) >= 11 is 6.13. The van der Waals surface area contributed by atoms with Crippen molar-refractivity contribution in [3.63, 3.8) is 0 Å². The molecule has 0 amide bonds. The standard InChI is InChI=1S/C19H21ClN4O5S2/c1-22-16-8-6-14(12-17(16)23(2)19(22)25)30(26,27)21-13-5-7-15(20)18(11-13)31(28,29)24-9-3-4-10-24/h5-8,11-12,21H,3-4,9-10H2,1-2H3. The minimum atomic E-state index is -4.05. The van der Waals surface area contributed by atoms with Crippen molar-refractivity contribution in [2.45, 2.75) is 22.6 Å². The second-order valence-corrected chi connectivity index (χ2v) is 11.4. The van der Waals surface area contributed by atoms with Gasteiger partial charge in [-0.1, -0.05) is 11.6 Å². The zero-order chi connectivity index (χ0) is 22.6. The number of halogens is 1. The molecule has 2 aromatic carbocycles. The van der Waals surface area contributed by atoms with Crippen molar-refractivity contribution >= 4 is 48.4 Å². The number of sulfonamides is 2. The monoisotopic (exact) mass is 484 g/mol. The molecule has 1 fully saturated rings. The molecule has 0 spiro atoms. The molecule has 0 saturated carbocycles. The molecule has 0 unspecified atom stereocenters. The van der Waals surface area contributed by atoms with Crippen molar-refractivity contribution in [1.82, 2.24) is 13.4 Å². The third-order valence-corrected chi connectivity index (χ3v) is 9.18. The molecule has 0 atom stereocenters. The predicted molar refractivity (Wildman–Crippen MR) is 118 cm³/mol. The first kappa shape index (κ1) is 21.9. The number of rotatable bonds is 5. The number of aromatic nitrogens is 2. The predicted octanol–water partition coefficient (Wildman–Crippen LogP) is 2.12. The van der Waals surface area contributed by atoms with E-state index in [1.807, 2.05) is 0 Å². The summed E-state index contributed by atoms with van der Waals surface area (Å²) in [6.45, 7) is 0.814. The van der Waals surface area contributed by atoms with E-state index in [1.165, 1.54) is 43.8 Å². The highest BCUT2D eigenvalue weighted by atomic mass is 35.5. The van der Waals surface area contributed by atoms with Gasteiger partial charge in [-0.3, -0.25) is 13.9 Å². The summed E-state index contributed by atoms with van der Waals surface area (Å²) in [6.07, 6.45) is 1.54. The van der Waals surface area contributed by atoms with Crippen LogP contribution in [0.5, 0.6) is 0 Å². The number of nitrogens with zero attached hydrogens (tertiary/aromatic N) is 3. The summed E-state index contributed by atoms with van der Waals surface area (Å²) in [4.78, 5) is 11.9. The van der Waals surface area contributed by atoms with E-state index in [-0.39, 0.29) is 26.2 Å². The Labute approximate surface area is 184 Å². The molecule has 1 aliphatic rings. The van der Waals surface area contributed by atoms with E-state index in [4.69, 9.17) is 11.6 Å². The molecule has 1 saturated heterocycles. The number of aryl methyl sites for hydroxylation is 2. The lowest BCUT2D eigenvalue weighted by Gasteiger charge is -2.17. The molecule has 0 radical (unpaired) electrons. The van der Waals surface area contributed by atoms with Crippen LogP contribution in [0.2, 0.25) is 5.02 Å². The molecule has 3 aromatic rings. The number of imidazole rings is 1. The van der Waals surface area contributed by atoms with Crippen molar-refractivity contribution in [3.8, 4) is 0 Å². The molecule has 1 aromatic heterocycles. The highest BCUT2D eigenvalue weighted by molar-refractivity contribution is 7.92. The third kappa shape index (κ3) is 3.75. The van der Waals surface area contributed by atoms with Crippen molar-refractivity contribution in [1.29, 1.82) is 0 Å². The van der Waals surface area contributed by atoms with Gasteiger partial charge in [0.2, 0.25) is 10.0 Å². The van der Waals surface area contributed by atoms with Gasteiger partial charge in [-0.05, 0) is 49.2 Å². The van der Waals surface area contributed by atoms with E-state index in [0.717, 1.165) is 12.8 Å². The lowest BCUT2D eigenvalue weighted by Crippen LogP contribution is -2.28. The highest BCUT2D eigenvalue weighted by Crippen LogP contribution is 2.30. The summed E-state index contributed by atoms with van der Waals surface area (Å²) in [7, 11) is -4.71. The number of anilines is 1. The summed E-state index contributed by atoms with van der Waals surface area (Å²) in [5.74, 6) is 0. The van der Waals surface area contributed by atoms with Crippen LogP contribution < -0.4 is 10.4 Å². The molecule has 31 heavy (non-hydrogen) atoms. The fourth-order valence-electron chi connectivity index (χ4n) is 3.70. The smallest absolute Gasteiger partial charge is 0.295 e. The molecule has 9 nitrogen and oxygen atoms in total. The van der Waals surface area contributed by atoms with Gasteiger partial charge in [-0.25, -0.2) is 21.6 Å². The summed E-state index contributed by atoms with van der Waals surface area (Å²) in [5, 5.41) is 0.0237. The molecule has 166 valence electrons. The number of benzene rings is 2. The molecule has 1 N–H and O–H groups in total. The molecular weight excluding hydrogens is 464 g/mol. The van der Waals surface area contributed by atoms with Crippen LogP contribution >= 0.6 is 11.6 Å². The van der Waals surface area contributed by atoms with Gasteiger partial charge in [-0.15, -0.1) is 0 Å². The number of fused-ring (bicyclic) bond motifs is 1. The largest absolute Gasteiger partial charge is 0.328 e. The Morgan fingerprint density at radius 2 is 1.55 bits per heavy atom. The van der Waals surface area contributed by atoms with E-state index in [1.54, 1.807) is 20.2 Å². The normalized spacial score (nSPS) is 15.6. The van der Waals surface area contributed by atoms with Gasteiger partial charge in [-0.2, -0.15) is 4.31 Å². The zero-order valence-electron chi connectivity index (χ0n) is 16.9. The fraction of sp³-hybridized carbons (Fsp3) is 0.316. The number of nitrogens with one attached hydrogen (secondary N) is 1. The van der Waals surface area contributed by atoms with E-state index in [0.29, 0.717) is 24.1 Å². The topological polar surface area (TPSA) is 110 Å². The molecule has 0 bridgehead atoms. The minimum Gasteiger partial charge on any atom is -0.295 e. The summed E-state index contributed by atoms with van der Waals surface area (Å²) in [5.41, 5.74) is 0.858. The maximum atomic E-state index is 13.0. The van der Waals surface area contributed by atoms with Crippen LogP contribution in [0.25, 0.3) is 11.0 Å². The van der Waals surface area contributed by atoms with Crippen LogP contribution in [0.3, 0.4) is 0 Å². The van der Waals surface area contributed by atoms with Crippen molar-refractivity contribution < 1.29 is 16.8 Å². The fourth-order valence-corrected chi connectivity index (χ4v) is 6.79. The van der Waals surface area contributed by atoms with Crippen molar-refractivity contribution in [3.05, 3.63) is 51.9 Å². The summed E-state index contributed by atoms with van der Waals surface area (Å²) < 4.78 is 58.2. The van der Waals surface area contributed by atoms with Crippen LogP contribution in [0.1, 0.15) is 12.8 Å². The van der Waals surface area contributed by atoms with Gasteiger partial charge in [0.15, 0.2) is 0 Å². The van der Waals surface area contributed by atoms with E-state index in [2.05, 4.69) is 4.72 Å². The molecule has 2 heterocycles. The maximum absolute atomic E-state index is 13.0. The van der Waals surface area contributed by atoms with Crippen molar-refractivity contribution in [2.24, 2.45) is 14.1 Å². The average Bonchev–Trinajstić information content (AvgIpc) is 3.34. The molecule has 12 heteroatoms. The van der Waals surface area contributed by atoms with Crippen molar-refractivity contribution in [2.75, 3.05) is 17.8 Å². The van der Waals surface area contributed by atoms with Crippen LogP contribution in [0.15, 0.2) is 51.0 Å². The first-order valence-electron chi connectivity index (χ1n) is 9.50. The van der Waals surface area contributed by atoms with Crippen LogP contribution in [0, 0.1) is 0 Å². The van der Waals surface area contributed by atoms with Crippen LogP contribution in [-0.2, 0) is 34.1 Å². The van der Waals surface area contributed by atoms with Gasteiger partial charge in [0, 0.05) is 27.2 Å². The van der Waals surface area contributed by atoms with Gasteiger partial charge < -0.3 is 0 Å². The lowest BCUT2D eigenvalue weighted by molar-refractivity contribution is 0.477. The Morgan fingerprint density at radius 3 is 2.23 bits per heavy atom. The minimum absolute atomic E-state index is 0.0237. The number of hydrogen-bond donors (Lipinski definition) is 1. The lowest BCUT2D eigenvalue weighted by atomic mass is 10.3. The summed E-state index contributed by atoms with van der Waals surface area (Å²) in [6, 6.07) is 8.33. The molecule has 4 rings (SSSR count). The number of hydrogen-bond acceptors (Lipinski definition) is 5. The Bertz CT molecular complexity index is 1450. The Balaban J connectivity index is 1.71. The molecular formula is C19H21ClN4O5S2. The first-order valence-corrected chi connectivity index (χ1v) is 12.8. The molecule has 1 aliphatic heterocycles. The van der Waals surface area contributed by atoms with E-state index in [9.17, 15) is 21.6 Å². The van der Waals surface area contributed by atoms with Gasteiger partial charge in [0.1, 0.15) is 4.90 Å². The molecule has 0 aliphatic carbocycles. The quantitative estimate of drug-likeness (QED) is 0.596. The van der Waals surface area contributed by atoms with E-state index < -0.39 is 20.0 Å². The van der Waals surface area contributed by atoms with Gasteiger partial charge >= 0.3 is 5.69 Å². The Hall–Kier alpha value is -2.34. The third-order valence-electron chi connectivity index (χ3n) is 5.42. The Kier molecular flexibility index (Phi) is 5.41. The average molecular weight is 485 g/mol. The van der Waals surface area contributed by atoms with Crippen LogP contribution in [0.4, 0.5) is 5.69 Å². The second kappa shape index (κ2) is 7.66. The second-order valence-electron chi connectivity index (χ2n) is 7.41. The highest BCUT2D eigenvalue weighted by Gasteiger charge is 2.29. The zero-order valence-corrected chi connectivity index (χ0v) is 19.3. The van der Waals surface area contributed by atoms with Gasteiger partial charge in [0.05, 0.1) is 26.6 Å².